The van der Waals surface area contributed by atoms with Gasteiger partial charge in [0.05, 0.1) is 6.57 Å². The first-order valence-corrected chi connectivity index (χ1v) is 8.06. The van der Waals surface area contributed by atoms with E-state index in [1.807, 2.05) is 5.87 Å². The Morgan fingerprint density at radius 1 is 0.852 bits per heavy atom. The Balaban J connectivity index is 2.07. The first-order valence-electron chi connectivity index (χ1n) is 8.06. The second-order valence-corrected chi connectivity index (χ2v) is 5.32. The predicted octanol–water partition coefficient (Wildman–Crippen LogP) is 4.83. The standard InChI is InChI=1S/C23H15N2O2/c1-25-21(23(27)19-13-7-3-8-14-19)16-10-4-9-15-20(17-24)22(26)18-11-5-2-6-12-18/h2-16H/q-1. The van der Waals surface area contributed by atoms with Gasteiger partial charge in [-0.05, 0) is 6.08 Å². The van der Waals surface area contributed by atoms with Gasteiger partial charge in [0.2, 0.25) is 5.70 Å². The Labute approximate surface area is 157 Å². The van der Waals surface area contributed by atoms with Crippen LogP contribution in [0.2, 0.25) is 0 Å². The summed E-state index contributed by atoms with van der Waals surface area (Å²) in [5.41, 5.74) is 0.861. The van der Waals surface area contributed by atoms with Gasteiger partial charge in [0.15, 0.2) is 11.6 Å². The van der Waals surface area contributed by atoms with Gasteiger partial charge in [-0.2, -0.15) is 0 Å². The van der Waals surface area contributed by atoms with Crippen molar-refractivity contribution in [3.63, 3.8) is 0 Å². The molecule has 0 bridgehead atoms. The third-order valence-electron chi connectivity index (χ3n) is 3.53. The predicted molar refractivity (Wildman–Crippen MR) is 106 cm³/mol. The van der Waals surface area contributed by atoms with E-state index in [1.165, 1.54) is 24.3 Å². The first kappa shape index (κ1) is 19.3. The molecule has 0 aliphatic rings. The Hall–Kier alpha value is -4.06. The molecular weight excluding hydrogens is 336 g/mol. The zero-order valence-corrected chi connectivity index (χ0v) is 14.4. The molecule has 0 aliphatic heterocycles. The molecule has 130 valence electrons. The third kappa shape index (κ3) is 5.47. The van der Waals surface area contributed by atoms with E-state index >= 15 is 0 Å². The van der Waals surface area contributed by atoms with Crippen LogP contribution in [0.1, 0.15) is 20.7 Å². The van der Waals surface area contributed by atoms with Crippen LogP contribution in [0.3, 0.4) is 0 Å². The van der Waals surface area contributed by atoms with Crippen LogP contribution in [-0.4, -0.2) is 17.4 Å². The maximum absolute atomic E-state index is 12.2. The maximum atomic E-state index is 12.2. The number of allylic oxidation sites excluding steroid dienone is 7. The number of hydrogen-bond donors (Lipinski definition) is 0. The second kappa shape index (κ2) is 10.0. The highest BCUT2D eigenvalue weighted by atomic mass is 16.1. The van der Waals surface area contributed by atoms with E-state index in [9.17, 15) is 9.59 Å². The lowest BCUT2D eigenvalue weighted by molar-refractivity contribution is 0.103. The molecule has 0 aliphatic carbocycles. The smallest absolute Gasteiger partial charge is 0.234 e. The Morgan fingerprint density at radius 3 is 1.93 bits per heavy atom. The van der Waals surface area contributed by atoms with Gasteiger partial charge in [-0.25, -0.2) is 4.85 Å². The van der Waals surface area contributed by atoms with Crippen LogP contribution in [0.25, 0.3) is 10.3 Å². The van der Waals surface area contributed by atoms with Gasteiger partial charge in [0.1, 0.15) is 0 Å². The number of ketones is 2. The SMILES string of the molecule is [C-]#[N+]C(=CC=CC=CC(=C=[N-])C(=O)c1ccccc1)C(=O)c1ccccc1. The molecule has 0 saturated carbocycles. The largest absolute Gasteiger partial charge is 0.763 e. The molecule has 4 heteroatoms. The number of rotatable bonds is 7. The highest BCUT2D eigenvalue weighted by Crippen LogP contribution is 2.10. The summed E-state index contributed by atoms with van der Waals surface area (Å²) in [5, 5.41) is 9.16. The monoisotopic (exact) mass is 351 g/mol. The minimum absolute atomic E-state index is 0.000550. The summed E-state index contributed by atoms with van der Waals surface area (Å²) in [5.74, 6) is 1.16. The van der Waals surface area contributed by atoms with E-state index in [4.69, 9.17) is 12.0 Å². The lowest BCUT2D eigenvalue weighted by Gasteiger charge is -2.00. The van der Waals surface area contributed by atoms with E-state index in [2.05, 4.69) is 4.85 Å². The van der Waals surface area contributed by atoms with E-state index in [0.717, 1.165) is 0 Å². The summed E-state index contributed by atoms with van der Waals surface area (Å²) in [7, 11) is 0. The second-order valence-electron chi connectivity index (χ2n) is 5.32. The molecule has 4 nitrogen and oxygen atoms in total. The molecule has 2 rings (SSSR count). The zero-order valence-electron chi connectivity index (χ0n) is 14.4. The first-order chi connectivity index (χ1) is 13.2. The zero-order chi connectivity index (χ0) is 19.5. The van der Waals surface area contributed by atoms with E-state index in [0.29, 0.717) is 11.1 Å². The fraction of sp³-hybridized carbons (Fsp3) is 0. The average Bonchev–Trinajstić information content (AvgIpc) is 2.74. The minimum atomic E-state index is -0.362. The van der Waals surface area contributed by atoms with Crippen LogP contribution in [0.5, 0.6) is 0 Å². The summed E-state index contributed by atoms with van der Waals surface area (Å²) in [6.45, 7) is 7.16. The lowest BCUT2D eigenvalue weighted by atomic mass is 10.0. The Bertz CT molecular complexity index is 1000. The van der Waals surface area contributed by atoms with Gasteiger partial charge in [0.25, 0.3) is 0 Å². The van der Waals surface area contributed by atoms with Gasteiger partial charge in [0, 0.05) is 16.7 Å². The molecule has 2 aromatic carbocycles. The van der Waals surface area contributed by atoms with E-state index in [1.54, 1.807) is 66.7 Å². The molecule has 0 heterocycles. The Morgan fingerprint density at radius 2 is 1.41 bits per heavy atom. The van der Waals surface area contributed by atoms with Gasteiger partial charge in [-0.1, -0.05) is 85.0 Å². The van der Waals surface area contributed by atoms with Crippen LogP contribution in [-0.2, 0) is 0 Å². The number of hydrogen-bond acceptors (Lipinski definition) is 2. The molecule has 2 aromatic rings. The Kier molecular flexibility index (Phi) is 7.17. The minimum Gasteiger partial charge on any atom is -0.763 e. The van der Waals surface area contributed by atoms with Crippen LogP contribution in [0, 0.1) is 6.57 Å². The molecule has 0 atom stereocenters. The molecule has 0 amide bonds. The van der Waals surface area contributed by atoms with Crippen molar-refractivity contribution in [2.24, 2.45) is 0 Å². The van der Waals surface area contributed by atoms with Gasteiger partial charge >= 0.3 is 0 Å². The molecule has 27 heavy (non-hydrogen) atoms. The summed E-state index contributed by atoms with van der Waals surface area (Å²) >= 11 is 0. The van der Waals surface area contributed by atoms with E-state index < -0.39 is 0 Å². The van der Waals surface area contributed by atoms with Crippen LogP contribution in [0.15, 0.2) is 102 Å². The molecule has 0 aromatic heterocycles. The molecule has 0 fully saturated rings. The van der Waals surface area contributed by atoms with Gasteiger partial charge < -0.3 is 10.2 Å². The quantitative estimate of drug-likeness (QED) is 0.236. The number of benzene rings is 2. The molecule has 0 unspecified atom stereocenters. The van der Waals surface area contributed by atoms with Crippen molar-refractivity contribution in [2.45, 2.75) is 0 Å². The van der Waals surface area contributed by atoms with Gasteiger partial charge in [-0.3, -0.25) is 10.7 Å². The summed E-state index contributed by atoms with van der Waals surface area (Å²) in [6, 6.07) is 17.1. The lowest BCUT2D eigenvalue weighted by Crippen LogP contribution is -2.01. The van der Waals surface area contributed by atoms with E-state index in [-0.39, 0.29) is 22.8 Å². The van der Waals surface area contributed by atoms with Gasteiger partial charge in [-0.15, -0.1) is 0 Å². The number of carbonyl (C=O) groups is 2. The normalized spacial score (nSPS) is 11.1. The maximum Gasteiger partial charge on any atom is 0.234 e. The molecule has 0 saturated heterocycles. The molecule has 0 radical (unpaired) electrons. The molecule has 0 spiro atoms. The van der Waals surface area contributed by atoms with Crippen molar-refractivity contribution in [2.75, 3.05) is 0 Å². The summed E-state index contributed by atoms with van der Waals surface area (Å²) in [4.78, 5) is 27.7. The molecule has 0 N–H and O–H groups in total. The molecular formula is C23H15N2O2-. The number of carbonyl (C=O) groups excluding carboxylic acids is 2. The van der Waals surface area contributed by atoms with Crippen molar-refractivity contribution in [1.82, 2.24) is 0 Å². The summed E-state index contributed by atoms with van der Waals surface area (Å²) < 4.78 is 0. The number of nitrogens with zero attached hydrogens (tertiary/aromatic N) is 2. The van der Waals surface area contributed by atoms with Crippen LogP contribution >= 0.6 is 0 Å². The third-order valence-corrected chi connectivity index (χ3v) is 3.53. The average molecular weight is 351 g/mol. The fourth-order valence-corrected chi connectivity index (χ4v) is 2.17. The van der Waals surface area contributed by atoms with Crippen molar-refractivity contribution in [3.8, 4) is 0 Å². The highest BCUT2D eigenvalue weighted by molar-refractivity contribution is 6.16. The highest BCUT2D eigenvalue weighted by Gasteiger charge is 2.10. The van der Waals surface area contributed by atoms with Crippen molar-refractivity contribution in [1.29, 1.82) is 0 Å². The fourth-order valence-electron chi connectivity index (χ4n) is 2.17. The number of Topliss-reactive ketones (excluding diaryl/α,β-unsaturated/α-hetero) is 2. The van der Waals surface area contributed by atoms with Crippen molar-refractivity contribution >= 4 is 17.4 Å². The topological polar surface area (TPSA) is 60.8 Å². The van der Waals surface area contributed by atoms with Crippen molar-refractivity contribution in [3.05, 3.63) is 130 Å². The van der Waals surface area contributed by atoms with Crippen LogP contribution < -0.4 is 0 Å². The van der Waals surface area contributed by atoms with Crippen LogP contribution in [0.4, 0.5) is 0 Å². The summed E-state index contributed by atoms with van der Waals surface area (Å²) in [6.07, 6.45) is 7.39. The van der Waals surface area contributed by atoms with Crippen molar-refractivity contribution < 1.29 is 9.59 Å².